The summed E-state index contributed by atoms with van der Waals surface area (Å²) in [4.78, 5) is 25.8. The molecule has 0 fully saturated rings. The summed E-state index contributed by atoms with van der Waals surface area (Å²) >= 11 is 10.1. The first kappa shape index (κ1) is 23.0. The number of thiophene rings is 2. The van der Waals surface area contributed by atoms with E-state index in [1.165, 1.54) is 0 Å². The van der Waals surface area contributed by atoms with Crippen molar-refractivity contribution in [2.45, 2.75) is 0 Å². The number of hydrogen-bond acceptors (Lipinski definition) is 4. The lowest BCUT2D eigenvalue weighted by Gasteiger charge is -1.95. The Bertz CT molecular complexity index is 1370. The van der Waals surface area contributed by atoms with Crippen molar-refractivity contribution >= 4 is 101 Å². The second-order valence-electron chi connectivity index (χ2n) is 7.40. The molecule has 0 spiro atoms. The van der Waals surface area contributed by atoms with Gasteiger partial charge in [-0.25, -0.2) is 0 Å². The zero-order valence-electron chi connectivity index (χ0n) is 17.5. The molecule has 2 aliphatic heterocycles. The van der Waals surface area contributed by atoms with Gasteiger partial charge in [-0.2, -0.15) is 0 Å². The molecule has 4 aromatic rings. The number of halogens is 2. The van der Waals surface area contributed by atoms with Crippen molar-refractivity contribution in [3.05, 3.63) is 101 Å². The number of fused-ring (bicyclic) bond motifs is 2. The minimum absolute atomic E-state index is 0.0317. The number of benzene rings is 2. The fraction of sp³-hybridized carbons (Fsp3) is 0. The van der Waals surface area contributed by atoms with Crippen LogP contribution in [-0.4, -0.2) is 11.8 Å². The highest BCUT2D eigenvalue weighted by Gasteiger charge is 2.24. The van der Waals surface area contributed by atoms with Gasteiger partial charge in [-0.3, -0.25) is 9.59 Å². The molecule has 2 amide bonds. The zero-order chi connectivity index (χ0) is 23.7. The predicted octanol–water partition coefficient (Wildman–Crippen LogP) is 8.01. The fourth-order valence-electron chi connectivity index (χ4n) is 3.66. The van der Waals surface area contributed by atoms with Crippen molar-refractivity contribution in [3.63, 3.8) is 0 Å². The van der Waals surface area contributed by atoms with Crippen molar-refractivity contribution in [3.8, 4) is 0 Å². The van der Waals surface area contributed by atoms with Gasteiger partial charge >= 0.3 is 0 Å². The van der Waals surface area contributed by atoms with Crippen LogP contribution in [0.4, 0.5) is 11.4 Å². The molecule has 0 saturated carbocycles. The lowest BCUT2D eigenvalue weighted by atomic mass is 10.1. The van der Waals surface area contributed by atoms with E-state index in [0.29, 0.717) is 0 Å². The van der Waals surface area contributed by atoms with Gasteiger partial charge < -0.3 is 10.6 Å². The van der Waals surface area contributed by atoms with Gasteiger partial charge in [0.15, 0.2) is 0 Å². The second kappa shape index (κ2) is 9.84. The molecule has 2 aliphatic rings. The highest BCUT2D eigenvalue weighted by Crippen LogP contribution is 2.35. The van der Waals surface area contributed by atoms with E-state index in [0.717, 1.165) is 51.0 Å². The van der Waals surface area contributed by atoms with E-state index in [9.17, 15) is 9.59 Å². The Morgan fingerprint density at radius 2 is 1.00 bits per heavy atom. The van der Waals surface area contributed by atoms with Crippen molar-refractivity contribution < 1.29 is 9.59 Å². The normalized spacial score (nSPS) is 16.1. The summed E-state index contributed by atoms with van der Waals surface area (Å²) in [6, 6.07) is 23.4. The van der Waals surface area contributed by atoms with Gasteiger partial charge in [0.25, 0.3) is 11.8 Å². The molecule has 6 rings (SSSR count). The largest absolute Gasteiger partial charge is 0.321 e. The third kappa shape index (κ3) is 4.86. The van der Waals surface area contributed by atoms with Crippen LogP contribution in [-0.2, 0) is 9.59 Å². The number of hydrogen-bond donors (Lipinski definition) is 2. The Balaban J connectivity index is 0.000000142. The molecule has 34 heavy (non-hydrogen) atoms. The highest BCUT2D eigenvalue weighted by molar-refractivity contribution is 9.11. The molecular formula is C26H16Br2N2O2S2. The summed E-state index contributed by atoms with van der Waals surface area (Å²) in [5, 5.41) is 5.72. The van der Waals surface area contributed by atoms with Gasteiger partial charge in [-0.05, 0) is 80.4 Å². The lowest BCUT2D eigenvalue weighted by Crippen LogP contribution is -2.03. The number of carbonyl (C=O) groups is 2. The third-order valence-corrected chi connectivity index (χ3v) is 8.32. The topological polar surface area (TPSA) is 58.2 Å². The minimum atomic E-state index is -0.0317. The number of nitrogens with one attached hydrogen (secondary N) is 2. The summed E-state index contributed by atoms with van der Waals surface area (Å²) in [6.45, 7) is 0. The smallest absolute Gasteiger partial charge is 0.256 e. The van der Waals surface area contributed by atoms with Crippen LogP contribution >= 0.6 is 54.5 Å². The summed E-state index contributed by atoms with van der Waals surface area (Å²) in [5.74, 6) is -0.0635. The van der Waals surface area contributed by atoms with Gasteiger partial charge in [0.05, 0.1) is 18.7 Å². The Kier molecular flexibility index (Phi) is 6.65. The van der Waals surface area contributed by atoms with Gasteiger partial charge in [0.2, 0.25) is 0 Å². The molecule has 0 atom stereocenters. The second-order valence-corrected chi connectivity index (χ2v) is 12.4. The average Bonchev–Trinajstić information content (AvgIpc) is 3.58. The van der Waals surface area contributed by atoms with E-state index in [1.54, 1.807) is 22.7 Å². The van der Waals surface area contributed by atoms with Crippen LogP contribution in [0, 0.1) is 0 Å². The third-order valence-electron chi connectivity index (χ3n) is 5.18. The first-order valence-electron chi connectivity index (χ1n) is 10.2. The van der Waals surface area contributed by atoms with Gasteiger partial charge in [0.1, 0.15) is 0 Å². The Morgan fingerprint density at radius 1 is 0.588 bits per heavy atom. The molecule has 0 radical (unpaired) electrons. The van der Waals surface area contributed by atoms with Crippen LogP contribution < -0.4 is 10.6 Å². The van der Waals surface area contributed by atoms with Crippen molar-refractivity contribution in [2.75, 3.05) is 10.6 Å². The van der Waals surface area contributed by atoms with Crippen LogP contribution in [0.3, 0.4) is 0 Å². The van der Waals surface area contributed by atoms with Crippen LogP contribution in [0.5, 0.6) is 0 Å². The van der Waals surface area contributed by atoms with Crippen molar-refractivity contribution in [1.82, 2.24) is 0 Å². The Labute approximate surface area is 221 Å². The first-order chi connectivity index (χ1) is 16.5. The molecule has 0 aliphatic carbocycles. The van der Waals surface area contributed by atoms with Gasteiger partial charge in [0, 0.05) is 32.3 Å². The van der Waals surface area contributed by atoms with Crippen LogP contribution in [0.2, 0.25) is 0 Å². The van der Waals surface area contributed by atoms with E-state index in [4.69, 9.17) is 0 Å². The van der Waals surface area contributed by atoms with E-state index in [1.807, 2.05) is 84.9 Å². The summed E-state index contributed by atoms with van der Waals surface area (Å²) < 4.78 is 2.13. The molecule has 4 heterocycles. The Morgan fingerprint density at radius 3 is 1.38 bits per heavy atom. The number of anilines is 2. The van der Waals surface area contributed by atoms with E-state index >= 15 is 0 Å². The number of carbonyl (C=O) groups excluding carboxylic acids is 2. The molecule has 2 N–H and O–H groups in total. The molecule has 0 bridgehead atoms. The van der Waals surface area contributed by atoms with Crippen molar-refractivity contribution in [2.24, 2.45) is 0 Å². The SMILES string of the molecule is O=C1Nc2ccccc2C1=Cc1ccc(Br)s1.O=C1Nc2ccccc2C1=Cc1ccc(Br)s1. The van der Waals surface area contributed by atoms with Crippen LogP contribution in [0.15, 0.2) is 80.4 Å². The quantitative estimate of drug-likeness (QED) is 0.226. The fourth-order valence-corrected chi connectivity index (χ4v) is 6.39. The summed E-state index contributed by atoms with van der Waals surface area (Å²) in [7, 11) is 0. The lowest BCUT2D eigenvalue weighted by molar-refractivity contribution is -0.111. The maximum Gasteiger partial charge on any atom is 0.256 e. The number of rotatable bonds is 2. The average molecular weight is 612 g/mol. The summed E-state index contributed by atoms with van der Waals surface area (Å²) in [5.41, 5.74) is 5.19. The molecule has 2 aromatic carbocycles. The maximum absolute atomic E-state index is 11.9. The molecule has 0 unspecified atom stereocenters. The molecule has 8 heteroatoms. The van der Waals surface area contributed by atoms with Gasteiger partial charge in [-0.1, -0.05) is 36.4 Å². The molecular weight excluding hydrogens is 596 g/mol. The highest BCUT2D eigenvalue weighted by atomic mass is 79.9. The number of amides is 2. The first-order valence-corrected chi connectivity index (χ1v) is 13.5. The monoisotopic (exact) mass is 610 g/mol. The van der Waals surface area contributed by atoms with Crippen LogP contribution in [0.25, 0.3) is 23.3 Å². The van der Waals surface area contributed by atoms with Crippen LogP contribution in [0.1, 0.15) is 20.9 Å². The maximum atomic E-state index is 11.9. The van der Waals surface area contributed by atoms with Gasteiger partial charge in [-0.15, -0.1) is 22.7 Å². The van der Waals surface area contributed by atoms with E-state index < -0.39 is 0 Å². The predicted molar refractivity (Wildman–Crippen MR) is 150 cm³/mol. The number of para-hydroxylation sites is 2. The molecule has 0 saturated heterocycles. The zero-order valence-corrected chi connectivity index (χ0v) is 22.3. The Hall–Kier alpha value is -2.78. The van der Waals surface area contributed by atoms with E-state index in [-0.39, 0.29) is 11.8 Å². The summed E-state index contributed by atoms with van der Waals surface area (Å²) in [6.07, 6.45) is 3.85. The molecule has 4 nitrogen and oxygen atoms in total. The van der Waals surface area contributed by atoms with E-state index in [2.05, 4.69) is 42.5 Å². The van der Waals surface area contributed by atoms with Crippen molar-refractivity contribution in [1.29, 1.82) is 0 Å². The minimum Gasteiger partial charge on any atom is -0.321 e. The molecule has 2 aromatic heterocycles. The molecule has 168 valence electrons. The standard InChI is InChI=1S/2C13H8BrNOS/c2*14-12-6-5-8(17-12)7-10-9-3-1-2-4-11(9)15-13(10)16/h2*1-7H,(H,15,16).